The fourth-order valence-corrected chi connectivity index (χ4v) is 13.3. The molecule has 0 aromatic heterocycles. The number of hydrogen-bond acceptors (Lipinski definition) is 8. The van der Waals surface area contributed by atoms with Crippen LogP contribution in [0, 0.1) is 0 Å². The van der Waals surface area contributed by atoms with Crippen LogP contribution >= 0.6 is 7.82 Å². The highest BCUT2D eigenvalue weighted by molar-refractivity contribution is 7.47. The van der Waals surface area contributed by atoms with Gasteiger partial charge in [-0.15, -0.1) is 0 Å². The molecular weight excluding hydrogens is 1220 g/mol. The zero-order valence-electron chi connectivity index (χ0n) is 64.1. The average molecular weight is 1380 g/mol. The van der Waals surface area contributed by atoms with Crippen molar-refractivity contribution in [3.8, 4) is 0 Å². The number of carbonyl (C=O) groups excluding carboxylic acids is 2. The number of allylic oxidation sites excluding steroid dienone is 14. The number of esters is 2. The molecule has 2 unspecified atom stereocenters. The van der Waals surface area contributed by atoms with Gasteiger partial charge in [-0.2, -0.15) is 0 Å². The molecule has 0 spiro atoms. The van der Waals surface area contributed by atoms with Crippen LogP contribution in [0.1, 0.15) is 425 Å². The molecule has 0 rings (SSSR count). The molecule has 0 bridgehead atoms. The van der Waals surface area contributed by atoms with E-state index in [1.165, 1.54) is 321 Å². The van der Waals surface area contributed by atoms with Crippen LogP contribution in [0.2, 0.25) is 0 Å². The van der Waals surface area contributed by atoms with Crippen LogP contribution in [0.5, 0.6) is 0 Å². The number of hydrogen-bond donors (Lipinski definition) is 2. The largest absolute Gasteiger partial charge is 0.472 e. The van der Waals surface area contributed by atoms with E-state index in [0.29, 0.717) is 6.42 Å². The predicted octanol–water partition coefficient (Wildman–Crippen LogP) is 28.4. The van der Waals surface area contributed by atoms with Gasteiger partial charge in [0.1, 0.15) is 6.61 Å². The first-order valence-corrected chi connectivity index (χ1v) is 43.6. The summed E-state index contributed by atoms with van der Waals surface area (Å²) in [6.45, 7) is 3.69. The van der Waals surface area contributed by atoms with Crippen molar-refractivity contribution in [2.45, 2.75) is 431 Å². The number of ether oxygens (including phenoxy) is 2. The zero-order valence-corrected chi connectivity index (χ0v) is 65.0. The van der Waals surface area contributed by atoms with E-state index in [0.717, 1.165) is 70.6 Å². The predicted molar refractivity (Wildman–Crippen MR) is 422 cm³/mol. The number of rotatable bonds is 80. The Hall–Kier alpha value is -2.81. The van der Waals surface area contributed by atoms with Crippen molar-refractivity contribution in [2.24, 2.45) is 5.73 Å². The van der Waals surface area contributed by atoms with Crippen LogP contribution in [-0.2, 0) is 32.7 Å². The summed E-state index contributed by atoms with van der Waals surface area (Å²) >= 11 is 0. The van der Waals surface area contributed by atoms with Crippen molar-refractivity contribution in [3.05, 3.63) is 85.1 Å². The molecule has 566 valence electrons. The minimum atomic E-state index is -4.40. The van der Waals surface area contributed by atoms with Crippen molar-refractivity contribution in [3.63, 3.8) is 0 Å². The second-order valence-corrected chi connectivity index (χ2v) is 29.8. The lowest BCUT2D eigenvalue weighted by Gasteiger charge is -2.19. The highest BCUT2D eigenvalue weighted by Crippen LogP contribution is 2.43. The Kier molecular flexibility index (Phi) is 79.8. The fourth-order valence-electron chi connectivity index (χ4n) is 12.6. The Labute approximate surface area is 602 Å². The summed E-state index contributed by atoms with van der Waals surface area (Å²) in [5.41, 5.74) is 5.42. The Bertz CT molecular complexity index is 1870. The SMILES string of the molecule is CC/C=C\C/C=C\C/C=C\C/C=C\C/C=C\CCCCCCCCCCCCCCCCCCCCCCCC(=O)OC(COC(=O)CCCCCCCCCCCCCCCCCCCCCCCCCCCCC/C=C\C/C=C\CCCCCCC)COP(=O)(O)OCCN. The molecule has 3 N–H and O–H groups in total. The number of nitrogens with two attached hydrogens (primary N) is 1. The van der Waals surface area contributed by atoms with Crippen LogP contribution in [0.4, 0.5) is 0 Å². The number of phosphoric acid groups is 1. The van der Waals surface area contributed by atoms with E-state index in [2.05, 4.69) is 98.9 Å². The normalized spacial score (nSPS) is 13.2. The van der Waals surface area contributed by atoms with E-state index in [1.807, 2.05) is 0 Å². The van der Waals surface area contributed by atoms with Crippen molar-refractivity contribution < 1.29 is 37.6 Å². The van der Waals surface area contributed by atoms with Gasteiger partial charge >= 0.3 is 19.8 Å². The summed E-state index contributed by atoms with van der Waals surface area (Å²) in [7, 11) is -4.40. The topological polar surface area (TPSA) is 134 Å². The molecule has 0 radical (unpaired) electrons. The summed E-state index contributed by atoms with van der Waals surface area (Å²) in [4.78, 5) is 35.5. The van der Waals surface area contributed by atoms with Gasteiger partial charge in [0.15, 0.2) is 6.10 Å². The van der Waals surface area contributed by atoms with Gasteiger partial charge in [-0.25, -0.2) is 4.57 Å². The molecule has 0 aliphatic heterocycles. The van der Waals surface area contributed by atoms with E-state index in [4.69, 9.17) is 24.3 Å². The lowest BCUT2D eigenvalue weighted by Crippen LogP contribution is -2.29. The minimum Gasteiger partial charge on any atom is -0.462 e. The van der Waals surface area contributed by atoms with Crippen molar-refractivity contribution >= 4 is 19.8 Å². The molecule has 0 aliphatic rings. The monoisotopic (exact) mass is 1380 g/mol. The standard InChI is InChI=1S/C87H160NO8P/c1-3-5-7-9-11-13-15-17-19-21-23-25-27-29-31-33-35-37-39-41-42-44-45-47-49-51-53-55-57-59-61-63-65-67-69-71-73-75-77-79-86(89)93-83-85(84-95-97(91,92)94-82-81-88)96-87(90)80-78-76-74-72-70-68-66-64-62-60-58-56-54-52-50-48-46-43-40-38-36-34-32-30-28-26-24-22-20-18-16-14-12-10-8-6-4-2/h6,8,12,14-15,17-18,20-21,23-24,26,30,32,85H,3-5,7,9-11,13,16,19,22,25,27-29,31,33-84,88H2,1-2H3,(H,91,92)/b8-6-,14-12-,17-15-,20-18-,23-21-,26-24-,32-30-. The second-order valence-electron chi connectivity index (χ2n) is 28.3. The van der Waals surface area contributed by atoms with Crippen LogP contribution in [0.15, 0.2) is 85.1 Å². The molecule has 0 saturated heterocycles. The molecule has 0 aromatic rings. The molecule has 10 heteroatoms. The van der Waals surface area contributed by atoms with Gasteiger partial charge in [-0.3, -0.25) is 18.6 Å². The fraction of sp³-hybridized carbons (Fsp3) is 0.816. The van der Waals surface area contributed by atoms with Gasteiger partial charge < -0.3 is 20.1 Å². The van der Waals surface area contributed by atoms with E-state index in [1.54, 1.807) is 0 Å². The maximum absolute atomic E-state index is 12.8. The Balaban J connectivity index is 3.74. The highest BCUT2D eigenvalue weighted by Gasteiger charge is 2.26. The van der Waals surface area contributed by atoms with Crippen molar-refractivity contribution in [1.29, 1.82) is 0 Å². The van der Waals surface area contributed by atoms with E-state index >= 15 is 0 Å². The Morgan fingerprint density at radius 2 is 0.567 bits per heavy atom. The maximum Gasteiger partial charge on any atom is 0.472 e. The molecule has 0 saturated carbocycles. The number of phosphoric ester groups is 1. The quantitative estimate of drug-likeness (QED) is 0.0264. The summed E-state index contributed by atoms with van der Waals surface area (Å²) in [6.07, 6.45) is 112. The molecule has 9 nitrogen and oxygen atoms in total. The van der Waals surface area contributed by atoms with Gasteiger partial charge in [0.05, 0.1) is 13.2 Å². The molecule has 2 atom stereocenters. The molecule has 0 aromatic carbocycles. The van der Waals surface area contributed by atoms with Gasteiger partial charge in [-0.1, -0.05) is 407 Å². The number of unbranched alkanes of at least 4 members (excludes halogenated alkanes) is 53. The molecule has 0 heterocycles. The summed E-state index contributed by atoms with van der Waals surface area (Å²) in [5, 5.41) is 0. The lowest BCUT2D eigenvalue weighted by atomic mass is 10.0. The Morgan fingerprint density at radius 1 is 0.320 bits per heavy atom. The molecule has 0 aliphatic carbocycles. The third-order valence-corrected chi connectivity index (χ3v) is 19.7. The third-order valence-electron chi connectivity index (χ3n) is 18.8. The maximum atomic E-state index is 12.8. The summed E-state index contributed by atoms with van der Waals surface area (Å²) in [5.74, 6) is -0.804. The van der Waals surface area contributed by atoms with E-state index in [9.17, 15) is 19.0 Å². The van der Waals surface area contributed by atoms with Gasteiger partial charge in [0.2, 0.25) is 0 Å². The first-order chi connectivity index (χ1) is 47.8. The second kappa shape index (κ2) is 82.1. The summed E-state index contributed by atoms with van der Waals surface area (Å²) < 4.78 is 33.3. The smallest absolute Gasteiger partial charge is 0.462 e. The van der Waals surface area contributed by atoms with Crippen molar-refractivity contribution in [1.82, 2.24) is 0 Å². The van der Waals surface area contributed by atoms with Crippen LogP contribution in [-0.4, -0.2) is 49.3 Å². The van der Waals surface area contributed by atoms with E-state index < -0.39 is 26.5 Å². The van der Waals surface area contributed by atoms with Crippen molar-refractivity contribution in [2.75, 3.05) is 26.4 Å². The van der Waals surface area contributed by atoms with E-state index in [-0.39, 0.29) is 38.6 Å². The first kappa shape index (κ1) is 94.2. The van der Waals surface area contributed by atoms with Gasteiger partial charge in [0, 0.05) is 19.4 Å². The highest BCUT2D eigenvalue weighted by atomic mass is 31.2. The lowest BCUT2D eigenvalue weighted by molar-refractivity contribution is -0.161. The minimum absolute atomic E-state index is 0.0546. The molecular formula is C87H160NO8P. The molecule has 0 amide bonds. The zero-order chi connectivity index (χ0) is 70.0. The van der Waals surface area contributed by atoms with Gasteiger partial charge in [-0.05, 0) is 89.9 Å². The van der Waals surface area contributed by atoms with Crippen LogP contribution in [0.3, 0.4) is 0 Å². The third kappa shape index (κ3) is 82.0. The Morgan fingerprint density at radius 3 is 0.845 bits per heavy atom. The first-order valence-electron chi connectivity index (χ1n) is 42.1. The van der Waals surface area contributed by atoms with Crippen LogP contribution < -0.4 is 5.73 Å². The number of carbonyl (C=O) groups is 2. The molecule has 97 heavy (non-hydrogen) atoms. The average Bonchev–Trinajstić information content (AvgIpc) is 2.17. The molecule has 0 fully saturated rings. The van der Waals surface area contributed by atoms with Gasteiger partial charge in [0.25, 0.3) is 0 Å². The van der Waals surface area contributed by atoms with Crippen LogP contribution in [0.25, 0.3) is 0 Å². The summed E-state index contributed by atoms with van der Waals surface area (Å²) in [6, 6.07) is 0.